The van der Waals surface area contributed by atoms with Gasteiger partial charge >= 0.3 is 0 Å². The molecule has 15 heavy (non-hydrogen) atoms. The van der Waals surface area contributed by atoms with E-state index in [4.69, 9.17) is 5.73 Å². The highest BCUT2D eigenvalue weighted by molar-refractivity contribution is 5.64. The number of nitrogens with zero attached hydrogens (tertiary/aromatic N) is 2. The summed E-state index contributed by atoms with van der Waals surface area (Å²) in [5.41, 5.74) is 7.77. The minimum absolute atomic E-state index is 0.802. The molecular formula is C11H22N4. The Balaban J connectivity index is 2.56. The lowest BCUT2D eigenvalue weighted by atomic mass is 10.2. The molecule has 4 heteroatoms. The van der Waals surface area contributed by atoms with Crippen molar-refractivity contribution in [3.05, 3.63) is 5.69 Å². The fourth-order valence-corrected chi connectivity index (χ4v) is 1.65. The van der Waals surface area contributed by atoms with Gasteiger partial charge in [0.15, 0.2) is 0 Å². The van der Waals surface area contributed by atoms with Crippen LogP contribution in [-0.4, -0.2) is 16.3 Å². The van der Waals surface area contributed by atoms with Gasteiger partial charge in [-0.25, -0.2) is 0 Å². The molecule has 0 spiro atoms. The highest BCUT2D eigenvalue weighted by Gasteiger charge is 2.10. The minimum Gasteiger partial charge on any atom is -0.394 e. The van der Waals surface area contributed by atoms with Crippen LogP contribution in [0, 0.1) is 0 Å². The highest BCUT2D eigenvalue weighted by Crippen LogP contribution is 2.22. The van der Waals surface area contributed by atoms with E-state index in [2.05, 4.69) is 24.3 Å². The maximum absolute atomic E-state index is 5.98. The number of unbranched alkanes of at least 4 members (excludes halogenated alkanes) is 2. The van der Waals surface area contributed by atoms with Gasteiger partial charge in [0.1, 0.15) is 5.82 Å². The zero-order chi connectivity index (χ0) is 11.3. The van der Waals surface area contributed by atoms with E-state index in [1.807, 2.05) is 11.7 Å². The number of nitrogen functional groups attached to an aromatic ring is 1. The summed E-state index contributed by atoms with van der Waals surface area (Å²) < 4.78 is 1.83. The normalized spacial score (nSPS) is 10.6. The van der Waals surface area contributed by atoms with Crippen LogP contribution in [0.15, 0.2) is 0 Å². The zero-order valence-electron chi connectivity index (χ0n) is 10.0. The van der Waals surface area contributed by atoms with E-state index in [1.165, 1.54) is 19.3 Å². The molecule has 0 aliphatic heterocycles. The number of nitrogens with two attached hydrogens (primary N) is 1. The van der Waals surface area contributed by atoms with E-state index < -0.39 is 0 Å². The van der Waals surface area contributed by atoms with Crippen molar-refractivity contribution in [2.45, 2.75) is 39.5 Å². The van der Waals surface area contributed by atoms with Gasteiger partial charge < -0.3 is 11.1 Å². The summed E-state index contributed by atoms with van der Waals surface area (Å²) >= 11 is 0. The molecule has 0 saturated heterocycles. The molecule has 0 amide bonds. The molecule has 0 saturated carbocycles. The van der Waals surface area contributed by atoms with E-state index in [0.717, 1.165) is 30.2 Å². The van der Waals surface area contributed by atoms with Gasteiger partial charge in [-0.15, -0.1) is 0 Å². The van der Waals surface area contributed by atoms with Crippen LogP contribution in [0.4, 0.5) is 11.5 Å². The van der Waals surface area contributed by atoms with Gasteiger partial charge in [-0.2, -0.15) is 5.10 Å². The molecule has 0 atom stereocenters. The molecule has 0 bridgehead atoms. The second-order valence-corrected chi connectivity index (χ2v) is 3.82. The third-order valence-corrected chi connectivity index (χ3v) is 2.57. The second-order valence-electron chi connectivity index (χ2n) is 3.82. The summed E-state index contributed by atoms with van der Waals surface area (Å²) in [6.45, 7) is 5.24. The Morgan fingerprint density at radius 2 is 2.07 bits per heavy atom. The van der Waals surface area contributed by atoms with Gasteiger partial charge in [-0.3, -0.25) is 4.68 Å². The van der Waals surface area contributed by atoms with Crippen LogP contribution >= 0.6 is 0 Å². The smallest absolute Gasteiger partial charge is 0.147 e. The molecule has 0 aliphatic rings. The van der Waals surface area contributed by atoms with E-state index in [1.54, 1.807) is 0 Å². The van der Waals surface area contributed by atoms with Crippen LogP contribution in [0.2, 0.25) is 0 Å². The fraction of sp³-hybridized carbons (Fsp3) is 0.727. The Bertz CT molecular complexity index is 304. The van der Waals surface area contributed by atoms with Gasteiger partial charge in [-0.1, -0.05) is 26.7 Å². The molecule has 86 valence electrons. The predicted octanol–water partition coefficient (Wildman–Crippen LogP) is 2.17. The lowest BCUT2D eigenvalue weighted by Crippen LogP contribution is -2.07. The summed E-state index contributed by atoms with van der Waals surface area (Å²) in [6.07, 6.45) is 4.56. The number of hydrogen-bond donors (Lipinski definition) is 2. The van der Waals surface area contributed by atoms with Crippen LogP contribution in [0.1, 0.15) is 38.8 Å². The molecule has 1 heterocycles. The number of anilines is 2. The summed E-state index contributed by atoms with van der Waals surface area (Å²) in [4.78, 5) is 0. The summed E-state index contributed by atoms with van der Waals surface area (Å²) in [5, 5.41) is 7.70. The first-order valence-corrected chi connectivity index (χ1v) is 5.75. The van der Waals surface area contributed by atoms with Crippen LogP contribution < -0.4 is 11.1 Å². The average Bonchev–Trinajstić information content (AvgIpc) is 2.50. The molecule has 0 radical (unpaired) electrons. The van der Waals surface area contributed by atoms with Gasteiger partial charge in [0.05, 0.1) is 11.4 Å². The van der Waals surface area contributed by atoms with E-state index in [0.29, 0.717) is 0 Å². The number of nitrogens with one attached hydrogen (secondary N) is 1. The first-order valence-electron chi connectivity index (χ1n) is 5.75. The average molecular weight is 210 g/mol. The molecule has 0 aliphatic carbocycles. The summed E-state index contributed by atoms with van der Waals surface area (Å²) in [6, 6.07) is 0. The first kappa shape index (κ1) is 11.9. The maximum atomic E-state index is 5.98. The Morgan fingerprint density at radius 1 is 1.33 bits per heavy atom. The molecule has 4 nitrogen and oxygen atoms in total. The number of aromatic nitrogens is 2. The van der Waals surface area contributed by atoms with Crippen molar-refractivity contribution in [3.63, 3.8) is 0 Å². The molecule has 1 aromatic rings. The Morgan fingerprint density at radius 3 is 2.60 bits per heavy atom. The second kappa shape index (κ2) is 5.63. The molecule has 0 unspecified atom stereocenters. The van der Waals surface area contributed by atoms with Crippen molar-refractivity contribution in [1.29, 1.82) is 0 Å². The predicted molar refractivity (Wildman–Crippen MR) is 65.0 cm³/mol. The Hall–Kier alpha value is -1.19. The first-order chi connectivity index (χ1) is 7.20. The fourth-order valence-electron chi connectivity index (χ4n) is 1.65. The Kier molecular flexibility index (Phi) is 4.46. The summed E-state index contributed by atoms with van der Waals surface area (Å²) in [5.74, 6) is 0.961. The number of hydrogen-bond acceptors (Lipinski definition) is 3. The molecule has 0 aromatic carbocycles. The zero-order valence-corrected chi connectivity index (χ0v) is 10.0. The molecule has 3 N–H and O–H groups in total. The lowest BCUT2D eigenvalue weighted by molar-refractivity contribution is 0.720. The van der Waals surface area contributed by atoms with E-state index in [9.17, 15) is 0 Å². The largest absolute Gasteiger partial charge is 0.394 e. The van der Waals surface area contributed by atoms with Crippen molar-refractivity contribution >= 4 is 11.5 Å². The van der Waals surface area contributed by atoms with Crippen molar-refractivity contribution in [2.75, 3.05) is 17.6 Å². The van der Waals surface area contributed by atoms with Crippen molar-refractivity contribution in [2.24, 2.45) is 7.05 Å². The molecule has 1 rings (SSSR count). The van der Waals surface area contributed by atoms with Gasteiger partial charge in [-0.05, 0) is 12.8 Å². The quantitative estimate of drug-likeness (QED) is 0.707. The minimum atomic E-state index is 0.802. The summed E-state index contributed by atoms with van der Waals surface area (Å²) in [7, 11) is 1.93. The topological polar surface area (TPSA) is 55.9 Å². The van der Waals surface area contributed by atoms with Crippen molar-refractivity contribution in [1.82, 2.24) is 9.78 Å². The standard InChI is InChI=1S/C11H22N4/c1-4-6-7-8-13-11-10(12)9(5-2)14-15(11)3/h13H,4-8,12H2,1-3H3. The van der Waals surface area contributed by atoms with Crippen LogP contribution in [0.3, 0.4) is 0 Å². The molecule has 0 fully saturated rings. The van der Waals surface area contributed by atoms with Crippen molar-refractivity contribution < 1.29 is 0 Å². The number of aryl methyl sites for hydroxylation is 2. The Labute approximate surface area is 91.8 Å². The van der Waals surface area contributed by atoms with Crippen LogP contribution in [0.25, 0.3) is 0 Å². The third-order valence-electron chi connectivity index (χ3n) is 2.57. The lowest BCUT2D eigenvalue weighted by Gasteiger charge is -2.06. The highest BCUT2D eigenvalue weighted by atomic mass is 15.3. The maximum Gasteiger partial charge on any atom is 0.147 e. The van der Waals surface area contributed by atoms with E-state index >= 15 is 0 Å². The van der Waals surface area contributed by atoms with Crippen LogP contribution in [0.5, 0.6) is 0 Å². The van der Waals surface area contributed by atoms with Gasteiger partial charge in [0, 0.05) is 13.6 Å². The van der Waals surface area contributed by atoms with Gasteiger partial charge in [0.2, 0.25) is 0 Å². The third kappa shape index (κ3) is 2.88. The number of rotatable bonds is 6. The molecule has 1 aromatic heterocycles. The monoisotopic (exact) mass is 210 g/mol. The SMILES string of the molecule is CCCCCNc1c(N)c(CC)nn1C. The van der Waals surface area contributed by atoms with Crippen molar-refractivity contribution in [3.8, 4) is 0 Å². The van der Waals surface area contributed by atoms with Crippen LogP contribution in [-0.2, 0) is 13.5 Å². The van der Waals surface area contributed by atoms with E-state index in [-0.39, 0.29) is 0 Å². The van der Waals surface area contributed by atoms with Gasteiger partial charge in [0.25, 0.3) is 0 Å². The molecular weight excluding hydrogens is 188 g/mol.